The van der Waals surface area contributed by atoms with E-state index in [2.05, 4.69) is 35.6 Å². The fourth-order valence-electron chi connectivity index (χ4n) is 6.38. The molecule has 2 aliphatic rings. The number of aromatic nitrogens is 2. The van der Waals surface area contributed by atoms with Crippen molar-refractivity contribution in [3.63, 3.8) is 0 Å². The summed E-state index contributed by atoms with van der Waals surface area (Å²) in [4.78, 5) is 24.7. The summed E-state index contributed by atoms with van der Waals surface area (Å²) in [6, 6.07) is 7.41. The molecule has 1 saturated carbocycles. The van der Waals surface area contributed by atoms with Crippen LogP contribution in [0.1, 0.15) is 73.9 Å². The average Bonchev–Trinajstić information content (AvgIpc) is 3.16. The molecule has 5 rings (SSSR count). The maximum atomic E-state index is 14.9. The monoisotopic (exact) mass is 474 g/mol. The fourth-order valence-corrected chi connectivity index (χ4v) is 6.38. The summed E-state index contributed by atoms with van der Waals surface area (Å²) in [6.07, 6.45) is 9.73. The van der Waals surface area contributed by atoms with Gasteiger partial charge in [-0.3, -0.25) is 14.8 Å². The quantitative estimate of drug-likeness (QED) is 0.483. The first-order chi connectivity index (χ1) is 16.8. The van der Waals surface area contributed by atoms with E-state index in [-0.39, 0.29) is 24.1 Å². The first-order valence-corrected chi connectivity index (χ1v) is 12.9. The standard InChI is InChI=1S/C29H35FN4O/c1-17-9-20(11-22(31)10-17)24-6-7-32-14-21(24)12-28(35)25-4-5-27(30)26-13-23(15-33-29(25)26)34-16-18(2)8-19(34)3/h4-7,13-15,17-20,22H,8-12,16,31H2,1-3H3/t17-,18-,19-,20+,22-/m0/s1. The summed E-state index contributed by atoms with van der Waals surface area (Å²) < 4.78 is 14.9. The first-order valence-electron chi connectivity index (χ1n) is 12.9. The number of pyridine rings is 2. The molecule has 5 atom stereocenters. The number of anilines is 1. The zero-order valence-electron chi connectivity index (χ0n) is 20.9. The van der Waals surface area contributed by atoms with Crippen LogP contribution in [0.25, 0.3) is 10.9 Å². The minimum atomic E-state index is -0.349. The van der Waals surface area contributed by atoms with Gasteiger partial charge in [-0.1, -0.05) is 13.8 Å². The molecule has 3 heterocycles. The lowest BCUT2D eigenvalue weighted by Gasteiger charge is -2.32. The van der Waals surface area contributed by atoms with Crippen molar-refractivity contribution in [2.24, 2.45) is 17.6 Å². The van der Waals surface area contributed by atoms with Crippen LogP contribution in [0.2, 0.25) is 0 Å². The maximum Gasteiger partial charge on any atom is 0.169 e. The van der Waals surface area contributed by atoms with E-state index in [0.29, 0.717) is 40.3 Å². The number of nitrogens with two attached hydrogens (primary N) is 1. The Morgan fingerprint density at radius 1 is 1.09 bits per heavy atom. The molecule has 0 radical (unpaired) electrons. The Morgan fingerprint density at radius 3 is 2.66 bits per heavy atom. The lowest BCUT2D eigenvalue weighted by Crippen LogP contribution is -2.31. The number of ketones is 1. The maximum absolute atomic E-state index is 14.9. The van der Waals surface area contributed by atoms with Crippen LogP contribution in [0.3, 0.4) is 0 Å². The number of hydrogen-bond donors (Lipinski definition) is 1. The molecule has 1 saturated heterocycles. The van der Waals surface area contributed by atoms with Gasteiger partial charge in [-0.2, -0.15) is 0 Å². The number of carbonyl (C=O) groups is 1. The van der Waals surface area contributed by atoms with Gasteiger partial charge in [0.05, 0.1) is 17.4 Å². The molecule has 35 heavy (non-hydrogen) atoms. The summed E-state index contributed by atoms with van der Waals surface area (Å²) in [5.74, 6) is 1.06. The lowest BCUT2D eigenvalue weighted by atomic mass is 9.75. The molecule has 0 spiro atoms. The predicted octanol–water partition coefficient (Wildman–Crippen LogP) is 5.66. The van der Waals surface area contributed by atoms with E-state index in [0.717, 1.165) is 49.0 Å². The summed E-state index contributed by atoms with van der Waals surface area (Å²) in [7, 11) is 0. The van der Waals surface area contributed by atoms with Crippen LogP contribution in [0.4, 0.5) is 10.1 Å². The Bertz CT molecular complexity index is 1230. The fraction of sp³-hybridized carbons (Fsp3) is 0.483. The van der Waals surface area contributed by atoms with Gasteiger partial charge in [0, 0.05) is 48.4 Å². The lowest BCUT2D eigenvalue weighted by molar-refractivity contribution is 0.0994. The van der Waals surface area contributed by atoms with Gasteiger partial charge in [0.15, 0.2) is 5.78 Å². The van der Waals surface area contributed by atoms with E-state index in [1.165, 1.54) is 6.07 Å². The molecule has 1 aromatic carbocycles. The number of hydrogen-bond acceptors (Lipinski definition) is 5. The number of carbonyl (C=O) groups excluding carboxylic acids is 1. The second-order valence-electron chi connectivity index (χ2n) is 11.0. The van der Waals surface area contributed by atoms with Crippen LogP contribution in [0.5, 0.6) is 0 Å². The van der Waals surface area contributed by atoms with Crippen LogP contribution < -0.4 is 10.6 Å². The first kappa shape index (κ1) is 23.9. The van der Waals surface area contributed by atoms with Gasteiger partial charge in [-0.15, -0.1) is 0 Å². The minimum Gasteiger partial charge on any atom is -0.367 e. The molecule has 2 aromatic heterocycles. The van der Waals surface area contributed by atoms with E-state index >= 15 is 0 Å². The van der Waals surface area contributed by atoms with Gasteiger partial charge in [-0.05, 0) is 85.8 Å². The van der Waals surface area contributed by atoms with Crippen molar-refractivity contribution < 1.29 is 9.18 Å². The van der Waals surface area contributed by atoms with Crippen molar-refractivity contribution in [1.82, 2.24) is 9.97 Å². The minimum absolute atomic E-state index is 0.0687. The molecule has 0 unspecified atom stereocenters. The summed E-state index contributed by atoms with van der Waals surface area (Å²) >= 11 is 0. The molecule has 2 N–H and O–H groups in total. The number of rotatable bonds is 5. The zero-order chi connectivity index (χ0) is 24.7. The highest BCUT2D eigenvalue weighted by Crippen LogP contribution is 2.37. The average molecular weight is 475 g/mol. The Kier molecular flexibility index (Phi) is 6.58. The molecule has 5 nitrogen and oxygen atoms in total. The van der Waals surface area contributed by atoms with Gasteiger partial charge in [0.1, 0.15) is 5.82 Å². The Morgan fingerprint density at radius 2 is 1.91 bits per heavy atom. The van der Waals surface area contributed by atoms with Crippen LogP contribution >= 0.6 is 0 Å². The normalized spacial score (nSPS) is 26.9. The highest BCUT2D eigenvalue weighted by atomic mass is 19.1. The molecular formula is C29H35FN4O. The molecule has 3 aromatic rings. The van der Waals surface area contributed by atoms with Gasteiger partial charge in [0.2, 0.25) is 0 Å². The third-order valence-corrected chi connectivity index (χ3v) is 7.91. The van der Waals surface area contributed by atoms with Gasteiger partial charge in [0.25, 0.3) is 0 Å². The molecule has 1 aliphatic carbocycles. The third kappa shape index (κ3) is 4.81. The molecule has 184 valence electrons. The Labute approximate surface area is 206 Å². The number of nitrogens with zero attached hydrogens (tertiary/aromatic N) is 3. The molecule has 6 heteroatoms. The molecule has 2 fully saturated rings. The number of benzene rings is 1. The van der Waals surface area contributed by atoms with E-state index in [1.807, 2.05) is 12.1 Å². The molecule has 1 aliphatic heterocycles. The van der Waals surface area contributed by atoms with Crippen molar-refractivity contribution in [2.75, 3.05) is 11.4 Å². The SMILES string of the molecule is C[C@@H]1C[C@H](N)C[C@H](c2ccncc2CC(=O)c2ccc(F)c3cc(N4C[C@@H](C)C[C@@H]4C)cnc23)C1. The number of fused-ring (bicyclic) bond motifs is 1. The van der Waals surface area contributed by atoms with Crippen LogP contribution in [-0.2, 0) is 6.42 Å². The number of halogens is 1. The molecule has 0 amide bonds. The van der Waals surface area contributed by atoms with E-state index in [1.54, 1.807) is 24.7 Å². The van der Waals surface area contributed by atoms with Crippen LogP contribution in [0, 0.1) is 17.7 Å². The highest BCUT2D eigenvalue weighted by Gasteiger charge is 2.29. The highest BCUT2D eigenvalue weighted by molar-refractivity contribution is 6.08. The van der Waals surface area contributed by atoms with Crippen molar-refractivity contribution in [1.29, 1.82) is 0 Å². The predicted molar refractivity (Wildman–Crippen MR) is 138 cm³/mol. The zero-order valence-corrected chi connectivity index (χ0v) is 20.9. The van der Waals surface area contributed by atoms with Crippen molar-refractivity contribution >= 4 is 22.4 Å². The van der Waals surface area contributed by atoms with Crippen molar-refractivity contribution in [2.45, 2.75) is 70.9 Å². The van der Waals surface area contributed by atoms with E-state index in [4.69, 9.17) is 5.73 Å². The Hall–Kier alpha value is -2.86. The molecule has 0 bridgehead atoms. The van der Waals surface area contributed by atoms with Gasteiger partial charge < -0.3 is 10.6 Å². The summed E-state index contributed by atoms with van der Waals surface area (Å²) in [5, 5.41) is 0.401. The summed E-state index contributed by atoms with van der Waals surface area (Å²) in [6.45, 7) is 7.60. The smallest absolute Gasteiger partial charge is 0.169 e. The van der Waals surface area contributed by atoms with E-state index in [9.17, 15) is 9.18 Å². The topological polar surface area (TPSA) is 72.1 Å². The second kappa shape index (κ2) is 9.65. The van der Waals surface area contributed by atoms with Gasteiger partial charge in [-0.25, -0.2) is 4.39 Å². The second-order valence-corrected chi connectivity index (χ2v) is 11.0. The third-order valence-electron chi connectivity index (χ3n) is 7.91. The number of Topliss-reactive ketones (excluding diaryl/α,β-unsaturated/α-hetero) is 1. The van der Waals surface area contributed by atoms with Crippen LogP contribution in [-0.4, -0.2) is 34.4 Å². The molecular weight excluding hydrogens is 439 g/mol. The largest absolute Gasteiger partial charge is 0.367 e. The van der Waals surface area contributed by atoms with E-state index < -0.39 is 0 Å². The van der Waals surface area contributed by atoms with Crippen molar-refractivity contribution in [3.8, 4) is 0 Å². The summed E-state index contributed by atoms with van der Waals surface area (Å²) in [5.41, 5.74) is 10.2. The van der Waals surface area contributed by atoms with Gasteiger partial charge >= 0.3 is 0 Å². The van der Waals surface area contributed by atoms with Crippen LogP contribution in [0.15, 0.2) is 42.9 Å². The Balaban J connectivity index is 1.45. The van der Waals surface area contributed by atoms with Crippen molar-refractivity contribution in [3.05, 3.63) is 65.4 Å².